The Bertz CT molecular complexity index is 735. The zero-order chi connectivity index (χ0) is 18.9. The van der Waals surface area contributed by atoms with E-state index in [9.17, 15) is 9.59 Å². The van der Waals surface area contributed by atoms with Crippen molar-refractivity contribution < 1.29 is 14.3 Å². The number of hydrogen-bond donors (Lipinski definition) is 1. The summed E-state index contributed by atoms with van der Waals surface area (Å²) in [6.07, 6.45) is 0. The van der Waals surface area contributed by atoms with E-state index in [1.165, 1.54) is 18.7 Å². The molecule has 26 heavy (non-hydrogen) atoms. The fourth-order valence-corrected chi connectivity index (χ4v) is 3.15. The van der Waals surface area contributed by atoms with Crippen molar-refractivity contribution in [2.24, 2.45) is 0 Å². The van der Waals surface area contributed by atoms with Crippen molar-refractivity contribution in [2.75, 3.05) is 31.3 Å². The Kier molecular flexibility index (Phi) is 8.00. The van der Waals surface area contributed by atoms with E-state index in [-0.39, 0.29) is 11.8 Å². The molecule has 2 aromatic carbocycles. The first-order valence-electron chi connectivity index (χ1n) is 8.07. The second-order valence-corrected chi connectivity index (χ2v) is 7.58. The second-order valence-electron chi connectivity index (χ2n) is 5.61. The highest BCUT2D eigenvalue weighted by Crippen LogP contribution is 2.21. The largest absolute Gasteiger partial charge is 0.492 e. The summed E-state index contributed by atoms with van der Waals surface area (Å²) in [6, 6.07) is 15.0. The number of nitrogens with zero attached hydrogens (tertiary/aromatic N) is 1. The third-order valence-corrected chi connectivity index (χ3v) is 5.00. The van der Waals surface area contributed by atoms with Crippen LogP contribution in [-0.4, -0.2) is 42.7 Å². The number of amides is 2. The molecule has 0 saturated carbocycles. The zero-order valence-corrected chi connectivity index (χ0v) is 17.1. The normalized spacial score (nSPS) is 10.3. The van der Waals surface area contributed by atoms with Gasteiger partial charge in [0, 0.05) is 29.0 Å². The SMILES string of the molecule is CC(=O)Nc1ccc(SCC(=O)N(C)CCOc2ccc(Br)cc2)cc1. The quantitative estimate of drug-likeness (QED) is 0.634. The number of hydrogen-bond acceptors (Lipinski definition) is 4. The first-order chi connectivity index (χ1) is 12.4. The molecule has 0 aromatic heterocycles. The van der Waals surface area contributed by atoms with Gasteiger partial charge in [-0.15, -0.1) is 11.8 Å². The van der Waals surface area contributed by atoms with Crippen LogP contribution >= 0.6 is 27.7 Å². The zero-order valence-electron chi connectivity index (χ0n) is 14.7. The van der Waals surface area contributed by atoms with Crippen LogP contribution in [0.3, 0.4) is 0 Å². The summed E-state index contributed by atoms with van der Waals surface area (Å²) >= 11 is 4.84. The first-order valence-corrected chi connectivity index (χ1v) is 9.84. The van der Waals surface area contributed by atoms with Gasteiger partial charge in [-0.2, -0.15) is 0 Å². The molecule has 0 radical (unpaired) electrons. The summed E-state index contributed by atoms with van der Waals surface area (Å²) in [4.78, 5) is 25.8. The minimum atomic E-state index is -0.104. The van der Waals surface area contributed by atoms with Gasteiger partial charge in [0.2, 0.25) is 11.8 Å². The molecule has 1 N–H and O–H groups in total. The molecule has 0 aliphatic heterocycles. The van der Waals surface area contributed by atoms with E-state index < -0.39 is 0 Å². The third-order valence-electron chi connectivity index (χ3n) is 3.47. The van der Waals surface area contributed by atoms with Crippen LogP contribution in [0.4, 0.5) is 5.69 Å². The summed E-state index contributed by atoms with van der Waals surface area (Å²) in [5.74, 6) is 1.07. The lowest BCUT2D eigenvalue weighted by atomic mass is 10.3. The maximum atomic E-state index is 12.2. The predicted molar refractivity (Wildman–Crippen MR) is 109 cm³/mol. The van der Waals surface area contributed by atoms with E-state index >= 15 is 0 Å². The second kappa shape index (κ2) is 10.2. The van der Waals surface area contributed by atoms with E-state index in [1.807, 2.05) is 48.5 Å². The highest BCUT2D eigenvalue weighted by molar-refractivity contribution is 9.10. The van der Waals surface area contributed by atoms with Crippen molar-refractivity contribution in [3.8, 4) is 5.75 Å². The number of nitrogens with one attached hydrogen (secondary N) is 1. The van der Waals surface area contributed by atoms with Gasteiger partial charge < -0.3 is 15.0 Å². The lowest BCUT2D eigenvalue weighted by Crippen LogP contribution is -2.32. The fourth-order valence-electron chi connectivity index (χ4n) is 2.05. The van der Waals surface area contributed by atoms with Crippen LogP contribution in [-0.2, 0) is 9.59 Å². The average molecular weight is 437 g/mol. The number of halogens is 1. The van der Waals surface area contributed by atoms with Crippen LogP contribution in [0.5, 0.6) is 5.75 Å². The average Bonchev–Trinajstić information content (AvgIpc) is 2.62. The van der Waals surface area contributed by atoms with Crippen LogP contribution in [0.1, 0.15) is 6.92 Å². The van der Waals surface area contributed by atoms with Crippen LogP contribution in [0.25, 0.3) is 0 Å². The molecule has 138 valence electrons. The Balaban J connectivity index is 1.71. The van der Waals surface area contributed by atoms with Gasteiger partial charge in [-0.1, -0.05) is 15.9 Å². The van der Waals surface area contributed by atoms with Crippen LogP contribution in [0.2, 0.25) is 0 Å². The van der Waals surface area contributed by atoms with E-state index in [4.69, 9.17) is 4.74 Å². The number of likely N-dealkylation sites (N-methyl/N-ethyl adjacent to an activating group) is 1. The monoisotopic (exact) mass is 436 g/mol. The molecule has 0 aliphatic rings. The van der Waals surface area contributed by atoms with Crippen molar-refractivity contribution in [3.63, 3.8) is 0 Å². The Hall–Kier alpha value is -1.99. The number of carbonyl (C=O) groups excluding carboxylic acids is 2. The van der Waals surface area contributed by atoms with Crippen molar-refractivity contribution in [3.05, 3.63) is 53.0 Å². The smallest absolute Gasteiger partial charge is 0.232 e. The molecular weight excluding hydrogens is 416 g/mol. The Morgan fingerprint density at radius 1 is 1.12 bits per heavy atom. The van der Waals surface area contributed by atoms with Crippen LogP contribution in [0, 0.1) is 0 Å². The van der Waals surface area contributed by atoms with Gasteiger partial charge in [-0.25, -0.2) is 0 Å². The maximum Gasteiger partial charge on any atom is 0.232 e. The standard InChI is InChI=1S/C19H21BrN2O3S/c1-14(23)21-16-5-9-18(10-6-16)26-13-19(24)22(2)11-12-25-17-7-3-15(20)4-8-17/h3-10H,11-13H2,1-2H3,(H,21,23). The molecule has 2 amide bonds. The maximum absolute atomic E-state index is 12.2. The predicted octanol–water partition coefficient (Wildman–Crippen LogP) is 4.04. The summed E-state index contributed by atoms with van der Waals surface area (Å²) in [5.41, 5.74) is 0.746. The molecular formula is C19H21BrN2O3S. The van der Waals surface area contributed by atoms with E-state index in [1.54, 1.807) is 11.9 Å². The summed E-state index contributed by atoms with van der Waals surface area (Å²) in [7, 11) is 1.77. The molecule has 7 heteroatoms. The van der Waals surface area contributed by atoms with Crippen LogP contribution < -0.4 is 10.1 Å². The summed E-state index contributed by atoms with van der Waals surface area (Å²) < 4.78 is 6.63. The molecule has 2 rings (SSSR count). The first kappa shape index (κ1) is 20.3. The Morgan fingerprint density at radius 2 is 1.77 bits per heavy atom. The Morgan fingerprint density at radius 3 is 2.38 bits per heavy atom. The molecule has 2 aromatic rings. The van der Waals surface area contributed by atoms with E-state index in [0.29, 0.717) is 18.9 Å². The molecule has 5 nitrogen and oxygen atoms in total. The third kappa shape index (κ3) is 7.09. The van der Waals surface area contributed by atoms with Crippen molar-refractivity contribution in [1.82, 2.24) is 4.90 Å². The molecule has 0 atom stereocenters. The van der Waals surface area contributed by atoms with Gasteiger partial charge in [0.25, 0.3) is 0 Å². The van der Waals surface area contributed by atoms with E-state index in [0.717, 1.165) is 20.8 Å². The van der Waals surface area contributed by atoms with E-state index in [2.05, 4.69) is 21.2 Å². The van der Waals surface area contributed by atoms with Gasteiger partial charge in [-0.05, 0) is 48.5 Å². The van der Waals surface area contributed by atoms with Gasteiger partial charge in [-0.3, -0.25) is 9.59 Å². The van der Waals surface area contributed by atoms with Gasteiger partial charge in [0.05, 0.1) is 12.3 Å². The molecule has 0 spiro atoms. The number of thioether (sulfide) groups is 1. The molecule has 0 fully saturated rings. The number of ether oxygens (including phenoxy) is 1. The van der Waals surface area contributed by atoms with Crippen molar-refractivity contribution in [1.29, 1.82) is 0 Å². The molecule has 0 bridgehead atoms. The van der Waals surface area contributed by atoms with Gasteiger partial charge in [0.1, 0.15) is 12.4 Å². The van der Waals surface area contributed by atoms with Gasteiger partial charge in [0.15, 0.2) is 0 Å². The lowest BCUT2D eigenvalue weighted by Gasteiger charge is -2.17. The van der Waals surface area contributed by atoms with Crippen molar-refractivity contribution >= 4 is 45.2 Å². The molecule has 0 saturated heterocycles. The summed E-state index contributed by atoms with van der Waals surface area (Å²) in [6.45, 7) is 2.44. The number of rotatable bonds is 8. The minimum Gasteiger partial charge on any atom is -0.492 e. The lowest BCUT2D eigenvalue weighted by molar-refractivity contribution is -0.127. The topological polar surface area (TPSA) is 58.6 Å². The highest BCUT2D eigenvalue weighted by atomic mass is 79.9. The number of carbonyl (C=O) groups is 2. The van der Waals surface area contributed by atoms with Crippen molar-refractivity contribution in [2.45, 2.75) is 11.8 Å². The minimum absolute atomic E-state index is 0.0420. The highest BCUT2D eigenvalue weighted by Gasteiger charge is 2.09. The summed E-state index contributed by atoms with van der Waals surface area (Å²) in [5, 5.41) is 2.71. The molecule has 0 aliphatic carbocycles. The number of anilines is 1. The van der Waals surface area contributed by atoms with Gasteiger partial charge >= 0.3 is 0 Å². The molecule has 0 heterocycles. The number of benzene rings is 2. The molecule has 0 unspecified atom stereocenters. The fraction of sp³-hybridized carbons (Fsp3) is 0.263. The Labute approximate surface area is 166 Å². The van der Waals surface area contributed by atoms with Crippen LogP contribution in [0.15, 0.2) is 57.9 Å².